The highest BCUT2D eigenvalue weighted by Crippen LogP contribution is 2.36. The Kier molecular flexibility index (Phi) is 5.37. The molecule has 0 radical (unpaired) electrons. The van der Waals surface area contributed by atoms with Crippen LogP contribution in [0.25, 0.3) is 21.4 Å². The molecule has 0 bridgehead atoms. The molecule has 0 unspecified atom stereocenters. The second-order valence-electron chi connectivity index (χ2n) is 7.54. The van der Waals surface area contributed by atoms with Gasteiger partial charge in [0.05, 0.1) is 25.7 Å². The standard InChI is InChI=1S/C24H25N3O2/c1-17-23(21(28)16-26-14-5-4-6-15-26)20-8-7-9-22(29-3)24(20)27(17)19-12-10-18(25-2)11-13-19/h7-13H,4-6,14-16H2,1,3H3. The highest BCUT2D eigenvalue weighted by atomic mass is 16.5. The summed E-state index contributed by atoms with van der Waals surface area (Å²) in [6, 6.07) is 13.3. The van der Waals surface area contributed by atoms with Crippen molar-refractivity contribution in [2.45, 2.75) is 26.2 Å². The van der Waals surface area contributed by atoms with E-state index < -0.39 is 0 Å². The van der Waals surface area contributed by atoms with Crippen LogP contribution in [0.3, 0.4) is 0 Å². The minimum Gasteiger partial charge on any atom is -0.495 e. The first kappa shape index (κ1) is 19.2. The number of aromatic nitrogens is 1. The lowest BCUT2D eigenvalue weighted by Gasteiger charge is -2.25. The summed E-state index contributed by atoms with van der Waals surface area (Å²) in [5.74, 6) is 0.885. The fraction of sp³-hybridized carbons (Fsp3) is 0.333. The summed E-state index contributed by atoms with van der Waals surface area (Å²) >= 11 is 0. The zero-order valence-electron chi connectivity index (χ0n) is 16.9. The molecule has 0 amide bonds. The molecule has 1 aliphatic rings. The fourth-order valence-corrected chi connectivity index (χ4v) is 4.34. The molecule has 1 aromatic heterocycles. The van der Waals surface area contributed by atoms with E-state index in [0.29, 0.717) is 12.2 Å². The quantitative estimate of drug-likeness (QED) is 0.448. The van der Waals surface area contributed by atoms with E-state index in [1.165, 1.54) is 6.42 Å². The van der Waals surface area contributed by atoms with Crippen molar-refractivity contribution < 1.29 is 9.53 Å². The maximum Gasteiger partial charge on any atom is 0.187 e. The van der Waals surface area contributed by atoms with Gasteiger partial charge in [-0.2, -0.15) is 0 Å². The molecule has 0 N–H and O–H groups in total. The van der Waals surface area contributed by atoms with Crippen LogP contribution in [0, 0.1) is 13.5 Å². The first-order chi connectivity index (χ1) is 14.1. The molecule has 2 aromatic carbocycles. The molecular formula is C24H25N3O2. The third kappa shape index (κ3) is 3.52. The number of nitrogens with zero attached hydrogens (tertiary/aromatic N) is 3. The van der Waals surface area contributed by atoms with Gasteiger partial charge in [-0.25, -0.2) is 4.85 Å². The number of piperidine rings is 1. The number of ether oxygens (including phenoxy) is 1. The normalized spacial score (nSPS) is 14.7. The van der Waals surface area contributed by atoms with E-state index in [1.807, 2.05) is 37.3 Å². The Bertz CT molecular complexity index is 1080. The molecule has 1 aliphatic heterocycles. The number of carbonyl (C=O) groups is 1. The van der Waals surface area contributed by atoms with Gasteiger partial charge in [0, 0.05) is 22.3 Å². The first-order valence-corrected chi connectivity index (χ1v) is 10.1. The number of likely N-dealkylation sites (tertiary alicyclic amines) is 1. The van der Waals surface area contributed by atoms with E-state index in [-0.39, 0.29) is 5.78 Å². The van der Waals surface area contributed by atoms with E-state index in [2.05, 4.69) is 14.3 Å². The third-order valence-electron chi connectivity index (χ3n) is 5.74. The van der Waals surface area contributed by atoms with Crippen molar-refractivity contribution in [3.05, 3.63) is 65.1 Å². The van der Waals surface area contributed by atoms with Gasteiger partial charge in [0.25, 0.3) is 0 Å². The van der Waals surface area contributed by atoms with Crippen molar-refractivity contribution in [3.63, 3.8) is 0 Å². The maximum absolute atomic E-state index is 13.4. The molecule has 1 saturated heterocycles. The SMILES string of the molecule is [C-]#[N+]c1ccc(-n2c(C)c(C(=O)CN3CCCCC3)c3cccc(OC)c32)cc1. The largest absolute Gasteiger partial charge is 0.495 e. The number of benzene rings is 2. The molecule has 5 heteroatoms. The van der Waals surface area contributed by atoms with Crippen molar-refractivity contribution in [3.8, 4) is 11.4 Å². The number of Topliss-reactive ketones (excluding diaryl/α,β-unsaturated/α-hetero) is 1. The highest BCUT2D eigenvalue weighted by Gasteiger charge is 2.24. The van der Waals surface area contributed by atoms with Crippen LogP contribution in [0.1, 0.15) is 35.3 Å². The zero-order chi connectivity index (χ0) is 20.4. The van der Waals surface area contributed by atoms with Crippen LogP contribution in [0.15, 0.2) is 42.5 Å². The number of hydrogen-bond donors (Lipinski definition) is 0. The summed E-state index contributed by atoms with van der Waals surface area (Å²) < 4.78 is 7.72. The second-order valence-corrected chi connectivity index (χ2v) is 7.54. The Hall–Kier alpha value is -3.10. The van der Waals surface area contributed by atoms with E-state index in [1.54, 1.807) is 19.2 Å². The number of ketones is 1. The Morgan fingerprint density at radius 3 is 2.48 bits per heavy atom. The van der Waals surface area contributed by atoms with Crippen LogP contribution in [0.5, 0.6) is 5.75 Å². The monoisotopic (exact) mass is 387 g/mol. The van der Waals surface area contributed by atoms with E-state index in [4.69, 9.17) is 11.3 Å². The predicted octanol–water partition coefficient (Wildman–Crippen LogP) is 5.17. The Balaban J connectivity index is 1.85. The molecule has 0 spiro atoms. The average molecular weight is 387 g/mol. The predicted molar refractivity (Wildman–Crippen MR) is 115 cm³/mol. The minimum atomic E-state index is 0.152. The fourth-order valence-electron chi connectivity index (χ4n) is 4.34. The molecule has 0 aliphatic carbocycles. The highest BCUT2D eigenvalue weighted by molar-refractivity contribution is 6.12. The van der Waals surface area contributed by atoms with Crippen LogP contribution in [-0.2, 0) is 0 Å². The molecule has 0 saturated carbocycles. The number of carbonyl (C=O) groups excluding carboxylic acids is 1. The van der Waals surface area contributed by atoms with Crippen molar-refractivity contribution in [1.82, 2.24) is 9.47 Å². The molecule has 2 heterocycles. The van der Waals surface area contributed by atoms with Gasteiger partial charge in [-0.05, 0) is 51.1 Å². The summed E-state index contributed by atoms with van der Waals surface area (Å²) in [5, 5.41) is 0.915. The summed E-state index contributed by atoms with van der Waals surface area (Å²) in [5.41, 5.74) is 4.07. The number of para-hydroxylation sites is 1. The van der Waals surface area contributed by atoms with Crippen LogP contribution >= 0.6 is 0 Å². The molecule has 4 rings (SSSR count). The molecule has 1 fully saturated rings. The molecule has 5 nitrogen and oxygen atoms in total. The van der Waals surface area contributed by atoms with Crippen LogP contribution in [-0.4, -0.2) is 42.0 Å². The second kappa shape index (κ2) is 8.10. The van der Waals surface area contributed by atoms with Gasteiger partial charge in [0.15, 0.2) is 11.5 Å². The van der Waals surface area contributed by atoms with Crippen molar-refractivity contribution >= 4 is 22.4 Å². The smallest absolute Gasteiger partial charge is 0.187 e. The van der Waals surface area contributed by atoms with E-state index in [0.717, 1.165) is 59.5 Å². The number of fused-ring (bicyclic) bond motifs is 1. The van der Waals surface area contributed by atoms with Crippen LogP contribution < -0.4 is 4.74 Å². The van der Waals surface area contributed by atoms with Gasteiger partial charge in [0.1, 0.15) is 5.75 Å². The van der Waals surface area contributed by atoms with Crippen molar-refractivity contribution in [2.24, 2.45) is 0 Å². The topological polar surface area (TPSA) is 38.8 Å². The lowest BCUT2D eigenvalue weighted by atomic mass is 10.0. The average Bonchev–Trinajstić information content (AvgIpc) is 3.06. The summed E-state index contributed by atoms with van der Waals surface area (Å²) in [7, 11) is 1.65. The van der Waals surface area contributed by atoms with Gasteiger partial charge in [-0.1, -0.05) is 30.7 Å². The summed E-state index contributed by atoms with van der Waals surface area (Å²) in [6.07, 6.45) is 3.57. The van der Waals surface area contributed by atoms with Crippen LogP contribution in [0.4, 0.5) is 5.69 Å². The molecule has 148 valence electrons. The summed E-state index contributed by atoms with van der Waals surface area (Å²) in [4.78, 5) is 19.1. The molecule has 29 heavy (non-hydrogen) atoms. The third-order valence-corrected chi connectivity index (χ3v) is 5.74. The molecule has 3 aromatic rings. The molecule has 0 atom stereocenters. The number of methoxy groups -OCH3 is 1. The summed E-state index contributed by atoms with van der Waals surface area (Å²) in [6.45, 7) is 11.6. The van der Waals surface area contributed by atoms with Gasteiger partial charge in [-0.3, -0.25) is 9.69 Å². The minimum absolute atomic E-state index is 0.152. The van der Waals surface area contributed by atoms with E-state index >= 15 is 0 Å². The van der Waals surface area contributed by atoms with E-state index in [9.17, 15) is 4.79 Å². The zero-order valence-corrected chi connectivity index (χ0v) is 16.9. The van der Waals surface area contributed by atoms with Crippen molar-refractivity contribution in [2.75, 3.05) is 26.7 Å². The lowest BCUT2D eigenvalue weighted by Crippen LogP contribution is -2.34. The van der Waals surface area contributed by atoms with Gasteiger partial charge < -0.3 is 9.30 Å². The van der Waals surface area contributed by atoms with Gasteiger partial charge in [-0.15, -0.1) is 0 Å². The Labute approximate surface area is 171 Å². The van der Waals surface area contributed by atoms with Gasteiger partial charge >= 0.3 is 0 Å². The lowest BCUT2D eigenvalue weighted by molar-refractivity contribution is 0.0916. The Morgan fingerprint density at radius 1 is 1.10 bits per heavy atom. The van der Waals surface area contributed by atoms with Crippen LogP contribution in [0.2, 0.25) is 0 Å². The number of rotatable bonds is 5. The number of hydrogen-bond acceptors (Lipinski definition) is 3. The first-order valence-electron chi connectivity index (χ1n) is 10.1. The van der Waals surface area contributed by atoms with Crippen molar-refractivity contribution in [1.29, 1.82) is 0 Å². The van der Waals surface area contributed by atoms with Gasteiger partial charge in [0.2, 0.25) is 0 Å². The molecular weight excluding hydrogens is 362 g/mol. The maximum atomic E-state index is 13.4. The Morgan fingerprint density at radius 2 is 1.83 bits per heavy atom.